The van der Waals surface area contributed by atoms with Crippen molar-refractivity contribution in [3.8, 4) is 0 Å². The third-order valence-corrected chi connectivity index (χ3v) is 2.45. The van der Waals surface area contributed by atoms with E-state index in [2.05, 4.69) is 5.10 Å². The minimum absolute atomic E-state index is 0.0891. The van der Waals surface area contributed by atoms with Crippen LogP contribution in [0.4, 0.5) is 30.7 Å². The standard InChI is InChI=1S/C11H7F7N2O2/c1-6(21)7-2-4-20(5-3-7)19-8(22)9(12,13)10(14,15)11(16,17)18/h2-5H,1H3. The predicted molar refractivity (Wildman–Crippen MR) is 55.4 cm³/mol. The van der Waals surface area contributed by atoms with E-state index in [-0.39, 0.29) is 10.2 Å². The maximum Gasteiger partial charge on any atom is 0.460 e. The van der Waals surface area contributed by atoms with Gasteiger partial charge in [0.15, 0.2) is 5.78 Å². The highest BCUT2D eigenvalue weighted by Gasteiger charge is 2.73. The van der Waals surface area contributed by atoms with Crippen LogP contribution in [0.3, 0.4) is 0 Å². The average molecular weight is 332 g/mol. The van der Waals surface area contributed by atoms with E-state index in [0.717, 1.165) is 24.5 Å². The van der Waals surface area contributed by atoms with Crippen molar-refractivity contribution >= 4 is 11.7 Å². The highest BCUT2D eigenvalue weighted by molar-refractivity contribution is 5.93. The van der Waals surface area contributed by atoms with Crippen LogP contribution in [0.1, 0.15) is 17.3 Å². The van der Waals surface area contributed by atoms with Crippen molar-refractivity contribution in [3.05, 3.63) is 30.1 Å². The van der Waals surface area contributed by atoms with E-state index in [1.165, 1.54) is 6.92 Å². The summed E-state index contributed by atoms with van der Waals surface area (Å²) in [4.78, 5) is 10.9. The fraction of sp³-hybridized carbons (Fsp3) is 0.364. The van der Waals surface area contributed by atoms with Gasteiger partial charge in [-0.2, -0.15) is 30.7 Å². The first kappa shape index (κ1) is 17.9. The molecule has 0 N–H and O–H groups in total. The Balaban J connectivity index is 3.17. The normalized spacial score (nSPS) is 14.1. The molecule has 1 aromatic rings. The summed E-state index contributed by atoms with van der Waals surface area (Å²) in [6.07, 6.45) is -5.07. The molecule has 22 heavy (non-hydrogen) atoms. The Bertz CT molecular complexity index is 593. The quantitative estimate of drug-likeness (QED) is 0.276. The van der Waals surface area contributed by atoms with Gasteiger partial charge in [0.05, 0.1) is 0 Å². The van der Waals surface area contributed by atoms with E-state index in [9.17, 15) is 40.6 Å². The van der Waals surface area contributed by atoms with Crippen LogP contribution in [-0.4, -0.2) is 29.7 Å². The molecule has 0 amide bonds. The van der Waals surface area contributed by atoms with Crippen molar-refractivity contribution in [1.82, 2.24) is 0 Å². The Morgan fingerprint density at radius 1 is 1.09 bits per heavy atom. The van der Waals surface area contributed by atoms with Gasteiger partial charge in [0, 0.05) is 17.7 Å². The average Bonchev–Trinajstić information content (AvgIpc) is 2.37. The van der Waals surface area contributed by atoms with Gasteiger partial charge in [-0.05, 0) is 12.0 Å². The van der Waals surface area contributed by atoms with E-state index >= 15 is 0 Å². The lowest BCUT2D eigenvalue weighted by atomic mass is 10.1. The maximum atomic E-state index is 13.0. The molecule has 0 aliphatic carbocycles. The van der Waals surface area contributed by atoms with Gasteiger partial charge in [0.2, 0.25) is 12.4 Å². The summed E-state index contributed by atoms with van der Waals surface area (Å²) in [6.45, 7) is 1.17. The Kier molecular flexibility index (Phi) is 4.49. The molecular formula is C11H7F7N2O2. The smallest absolute Gasteiger partial charge is 0.460 e. The first-order valence-corrected chi connectivity index (χ1v) is 5.42. The van der Waals surface area contributed by atoms with Crippen molar-refractivity contribution in [1.29, 1.82) is 0 Å². The zero-order chi connectivity index (χ0) is 17.3. The number of aromatic nitrogens is 1. The van der Waals surface area contributed by atoms with Crippen LogP contribution < -0.4 is 9.78 Å². The van der Waals surface area contributed by atoms with Gasteiger partial charge in [0.25, 0.3) is 0 Å². The first-order valence-electron chi connectivity index (χ1n) is 5.42. The highest BCUT2D eigenvalue weighted by Crippen LogP contribution is 2.46. The summed E-state index contributed by atoms with van der Waals surface area (Å²) in [5, 5.41) is 13.4. The molecule has 122 valence electrons. The zero-order valence-corrected chi connectivity index (χ0v) is 10.7. The van der Waals surface area contributed by atoms with E-state index < -0.39 is 29.7 Å². The molecule has 1 rings (SSSR count). The molecule has 0 radical (unpaired) electrons. The number of alkyl halides is 7. The molecule has 1 heterocycles. The molecule has 0 aliphatic heterocycles. The first-order chi connectivity index (χ1) is 9.80. The Labute approximate surface area is 118 Å². The number of hydrogen-bond acceptors (Lipinski definition) is 3. The van der Waals surface area contributed by atoms with Crippen molar-refractivity contribution in [2.24, 2.45) is 5.10 Å². The second-order valence-electron chi connectivity index (χ2n) is 4.07. The largest absolute Gasteiger partial charge is 0.853 e. The fourth-order valence-corrected chi connectivity index (χ4v) is 1.20. The van der Waals surface area contributed by atoms with Crippen LogP contribution in [0.25, 0.3) is 0 Å². The molecule has 0 fully saturated rings. The highest BCUT2D eigenvalue weighted by atomic mass is 19.4. The number of nitrogens with zero attached hydrogens (tertiary/aromatic N) is 2. The molecule has 0 saturated carbocycles. The summed E-state index contributed by atoms with van der Waals surface area (Å²) in [6, 6.07) is 2.03. The number of rotatable bonds is 4. The molecule has 11 heteroatoms. The van der Waals surface area contributed by atoms with Crippen LogP contribution in [0, 0.1) is 0 Å². The van der Waals surface area contributed by atoms with Crippen molar-refractivity contribution in [2.75, 3.05) is 0 Å². The van der Waals surface area contributed by atoms with Gasteiger partial charge >= 0.3 is 18.0 Å². The Morgan fingerprint density at radius 3 is 1.91 bits per heavy atom. The zero-order valence-electron chi connectivity index (χ0n) is 10.7. The predicted octanol–water partition coefficient (Wildman–Crippen LogP) is 1.53. The third-order valence-electron chi connectivity index (χ3n) is 2.45. The third kappa shape index (κ3) is 3.17. The topological polar surface area (TPSA) is 56.4 Å². The van der Waals surface area contributed by atoms with Crippen molar-refractivity contribution in [3.63, 3.8) is 0 Å². The SMILES string of the molecule is CC(=O)c1cc[n+](/N=C(\[O-])C(F)(F)C(F)(F)C(F)(F)F)cc1. The molecule has 0 bridgehead atoms. The van der Waals surface area contributed by atoms with Crippen LogP contribution >= 0.6 is 0 Å². The minimum atomic E-state index is -6.62. The summed E-state index contributed by atoms with van der Waals surface area (Å²) in [5.74, 6) is -16.0. The molecule has 0 saturated heterocycles. The van der Waals surface area contributed by atoms with E-state index in [4.69, 9.17) is 0 Å². The number of carbonyl (C=O) groups excluding carboxylic acids is 1. The van der Waals surface area contributed by atoms with Gasteiger partial charge in [0.1, 0.15) is 5.90 Å². The van der Waals surface area contributed by atoms with E-state index in [0.29, 0.717) is 0 Å². The van der Waals surface area contributed by atoms with Crippen LogP contribution in [0.5, 0.6) is 0 Å². The molecule has 0 atom stereocenters. The number of carbonyl (C=O) groups is 1. The molecule has 0 unspecified atom stereocenters. The lowest BCUT2D eigenvalue weighted by Gasteiger charge is -2.29. The second-order valence-corrected chi connectivity index (χ2v) is 4.07. The van der Waals surface area contributed by atoms with Gasteiger partial charge < -0.3 is 5.11 Å². The molecule has 1 aromatic heterocycles. The number of hydrogen-bond donors (Lipinski definition) is 0. The molecular weight excluding hydrogens is 325 g/mol. The van der Waals surface area contributed by atoms with E-state index in [1.54, 1.807) is 0 Å². The summed E-state index contributed by atoms with van der Waals surface area (Å²) in [5.41, 5.74) is 0.0891. The fourth-order valence-electron chi connectivity index (χ4n) is 1.20. The van der Waals surface area contributed by atoms with Gasteiger partial charge in [-0.3, -0.25) is 4.79 Å². The molecule has 0 aliphatic rings. The summed E-state index contributed by atoms with van der Waals surface area (Å²) < 4.78 is 87.2. The second kappa shape index (κ2) is 5.54. The van der Waals surface area contributed by atoms with Crippen LogP contribution in [-0.2, 0) is 0 Å². The number of Topliss-reactive ketones (excluding diaryl/α,β-unsaturated/α-hetero) is 1. The maximum absolute atomic E-state index is 13.0. The lowest BCUT2D eigenvalue weighted by Crippen LogP contribution is -2.60. The van der Waals surface area contributed by atoms with Crippen molar-refractivity contribution < 1.29 is 45.3 Å². The summed E-state index contributed by atoms with van der Waals surface area (Å²) >= 11 is 0. The Hall–Kier alpha value is -2.20. The monoisotopic (exact) mass is 332 g/mol. The summed E-state index contributed by atoms with van der Waals surface area (Å²) in [7, 11) is 0. The van der Waals surface area contributed by atoms with E-state index in [1.807, 2.05) is 0 Å². The number of ketones is 1. The number of halogens is 7. The molecule has 4 nitrogen and oxygen atoms in total. The van der Waals surface area contributed by atoms with Gasteiger partial charge in [-0.15, -0.1) is 0 Å². The van der Waals surface area contributed by atoms with Gasteiger partial charge in [-0.1, -0.05) is 4.68 Å². The molecule has 0 aromatic carbocycles. The van der Waals surface area contributed by atoms with Crippen LogP contribution in [0.15, 0.2) is 29.6 Å². The Morgan fingerprint density at radius 2 is 1.55 bits per heavy atom. The van der Waals surface area contributed by atoms with Crippen LogP contribution in [0.2, 0.25) is 0 Å². The minimum Gasteiger partial charge on any atom is -0.853 e. The number of pyridine rings is 1. The van der Waals surface area contributed by atoms with Gasteiger partial charge in [-0.25, -0.2) is 0 Å². The molecule has 0 spiro atoms. The lowest BCUT2D eigenvalue weighted by molar-refractivity contribution is -0.682. The van der Waals surface area contributed by atoms with Crippen molar-refractivity contribution in [2.45, 2.75) is 24.9 Å².